The molecule has 0 fully saturated rings. The number of hydrogen-bond acceptors (Lipinski definition) is 2. The quantitative estimate of drug-likeness (QED) is 0.184. The summed E-state index contributed by atoms with van der Waals surface area (Å²) in [5, 5.41) is 2.73. The predicted octanol–water partition coefficient (Wildman–Crippen LogP) is 13.5. The van der Waals surface area contributed by atoms with E-state index in [0.29, 0.717) is 0 Å². The van der Waals surface area contributed by atoms with E-state index in [1.165, 1.54) is 35.5 Å². The molecule has 0 N–H and O–H groups in total. The number of rotatable bonds is 0. The minimum Gasteiger partial charge on any atom is -0.141 e. The summed E-state index contributed by atoms with van der Waals surface area (Å²) >= 11 is 3.70. The van der Waals surface area contributed by atoms with E-state index >= 15 is 0 Å². The summed E-state index contributed by atoms with van der Waals surface area (Å²) in [4.78, 5) is 2.78. The minimum atomic E-state index is 1.32. The van der Waals surface area contributed by atoms with Gasteiger partial charge in [0.1, 0.15) is 0 Å². The Hall–Kier alpha value is -2.42. The van der Waals surface area contributed by atoms with E-state index in [1.807, 2.05) is 110 Å². The lowest BCUT2D eigenvalue weighted by Crippen LogP contribution is -1.62. The Labute approximate surface area is 238 Å². The van der Waals surface area contributed by atoms with Crippen LogP contribution in [-0.4, -0.2) is 0 Å². The zero-order valence-corrected chi connectivity index (χ0v) is 27.6. The van der Waals surface area contributed by atoms with Crippen LogP contribution < -0.4 is 0 Å². The van der Waals surface area contributed by atoms with Gasteiger partial charge in [0.05, 0.1) is 0 Å². The SMILES string of the molecule is CC.CC.CC.CC.CC.Cc1cc2ccccc2s1.Cc1cc2ccccc2s1.Cc1ccccc1. The Balaban J connectivity index is -0.000000405. The Morgan fingerprint density at radius 3 is 0.946 bits per heavy atom. The molecule has 0 bridgehead atoms. The summed E-state index contributed by atoms with van der Waals surface area (Å²) in [6.07, 6.45) is 0. The van der Waals surface area contributed by atoms with Crippen LogP contribution in [0.2, 0.25) is 0 Å². The van der Waals surface area contributed by atoms with Crippen molar-refractivity contribution in [3.63, 3.8) is 0 Å². The molecule has 0 saturated heterocycles. The van der Waals surface area contributed by atoms with Crippen molar-refractivity contribution < 1.29 is 0 Å². The van der Waals surface area contributed by atoms with E-state index in [0.717, 1.165) is 0 Å². The van der Waals surface area contributed by atoms with Gasteiger partial charge in [-0.25, -0.2) is 0 Å². The molecule has 0 radical (unpaired) electrons. The molecule has 5 aromatic rings. The van der Waals surface area contributed by atoms with Crippen LogP contribution in [0.25, 0.3) is 20.2 Å². The third-order valence-corrected chi connectivity index (χ3v) is 6.10. The van der Waals surface area contributed by atoms with Crippen molar-refractivity contribution in [2.24, 2.45) is 0 Å². The highest BCUT2D eigenvalue weighted by molar-refractivity contribution is 7.19. The van der Waals surface area contributed by atoms with Crippen molar-refractivity contribution in [3.8, 4) is 0 Å². The second-order valence-electron chi connectivity index (χ2n) is 6.44. The summed E-state index contributed by atoms with van der Waals surface area (Å²) in [6, 6.07) is 31.6. The Morgan fingerprint density at radius 1 is 0.378 bits per heavy atom. The molecule has 0 aliphatic heterocycles. The highest BCUT2D eigenvalue weighted by Gasteiger charge is 1.94. The smallest absolute Gasteiger partial charge is 0.0345 e. The van der Waals surface area contributed by atoms with Gasteiger partial charge in [-0.2, -0.15) is 0 Å². The van der Waals surface area contributed by atoms with E-state index in [9.17, 15) is 0 Å². The number of hydrogen-bond donors (Lipinski definition) is 0. The lowest BCUT2D eigenvalue weighted by Gasteiger charge is -1.82. The zero-order valence-electron chi connectivity index (χ0n) is 26.0. The molecule has 0 unspecified atom stereocenters. The van der Waals surface area contributed by atoms with Crippen LogP contribution in [0, 0.1) is 20.8 Å². The Morgan fingerprint density at radius 2 is 0.676 bits per heavy atom. The molecule has 2 aromatic heterocycles. The molecule has 0 aliphatic carbocycles. The average molecular weight is 539 g/mol. The molecule has 2 heteroatoms. The van der Waals surface area contributed by atoms with Gasteiger partial charge in [0.25, 0.3) is 0 Å². The van der Waals surface area contributed by atoms with Crippen molar-refractivity contribution in [3.05, 3.63) is 106 Å². The highest BCUT2D eigenvalue weighted by Crippen LogP contribution is 2.24. The largest absolute Gasteiger partial charge is 0.141 e. The number of benzene rings is 3. The van der Waals surface area contributed by atoms with Crippen LogP contribution >= 0.6 is 22.7 Å². The molecule has 0 saturated carbocycles. The molecule has 2 heterocycles. The van der Waals surface area contributed by atoms with E-state index in [-0.39, 0.29) is 0 Å². The summed E-state index contributed by atoms with van der Waals surface area (Å²) in [6.45, 7) is 26.4. The second-order valence-corrected chi connectivity index (χ2v) is 9.02. The number of aryl methyl sites for hydroxylation is 3. The predicted molar refractivity (Wildman–Crippen MR) is 181 cm³/mol. The van der Waals surface area contributed by atoms with Crippen LogP contribution in [0.4, 0.5) is 0 Å². The molecule has 0 aliphatic rings. The van der Waals surface area contributed by atoms with Crippen molar-refractivity contribution in [1.29, 1.82) is 0 Å². The van der Waals surface area contributed by atoms with E-state index in [2.05, 4.69) is 93.6 Å². The summed E-state index contributed by atoms with van der Waals surface area (Å²) in [5.41, 5.74) is 1.32. The maximum Gasteiger partial charge on any atom is 0.0345 e. The van der Waals surface area contributed by atoms with E-state index < -0.39 is 0 Å². The molecule has 0 nitrogen and oxygen atoms in total. The van der Waals surface area contributed by atoms with Gasteiger partial charge >= 0.3 is 0 Å². The summed E-state index contributed by atoms with van der Waals surface area (Å²) in [7, 11) is 0. The summed E-state index contributed by atoms with van der Waals surface area (Å²) in [5.74, 6) is 0. The van der Waals surface area contributed by atoms with Gasteiger partial charge in [0.15, 0.2) is 0 Å². The van der Waals surface area contributed by atoms with Gasteiger partial charge in [-0.15, -0.1) is 22.7 Å². The monoisotopic (exact) mass is 538 g/mol. The van der Waals surface area contributed by atoms with Gasteiger partial charge in [-0.05, 0) is 55.8 Å². The molecule has 3 aromatic carbocycles. The molecule has 5 rings (SSSR count). The first-order valence-corrected chi connectivity index (χ1v) is 15.7. The van der Waals surface area contributed by atoms with Crippen LogP contribution in [0.1, 0.15) is 84.6 Å². The summed E-state index contributed by atoms with van der Waals surface area (Å²) < 4.78 is 2.78. The van der Waals surface area contributed by atoms with Gasteiger partial charge in [-0.3, -0.25) is 0 Å². The Bertz CT molecular complexity index is 964. The molecule has 0 atom stereocenters. The second kappa shape index (κ2) is 28.2. The topological polar surface area (TPSA) is 0 Å². The lowest BCUT2D eigenvalue weighted by molar-refractivity contribution is 1.48. The van der Waals surface area contributed by atoms with Crippen molar-refractivity contribution in [2.45, 2.75) is 90.0 Å². The first kappa shape index (κ1) is 39.1. The maximum atomic E-state index is 2.22. The minimum absolute atomic E-state index is 1.32. The van der Waals surface area contributed by atoms with Gasteiger partial charge in [0.2, 0.25) is 0 Å². The molecular formula is C35H54S2. The maximum absolute atomic E-state index is 2.22. The zero-order chi connectivity index (χ0) is 29.1. The molecule has 0 amide bonds. The van der Waals surface area contributed by atoms with E-state index in [4.69, 9.17) is 0 Å². The van der Waals surface area contributed by atoms with Crippen molar-refractivity contribution >= 4 is 42.8 Å². The molecule has 206 valence electrons. The normalized spacial score (nSPS) is 8.14. The highest BCUT2D eigenvalue weighted by atomic mass is 32.1. The number of fused-ring (bicyclic) bond motifs is 2. The van der Waals surface area contributed by atoms with Crippen LogP contribution in [0.5, 0.6) is 0 Å². The fourth-order valence-electron chi connectivity index (χ4n) is 2.76. The molecule has 37 heavy (non-hydrogen) atoms. The fraction of sp³-hybridized carbons (Fsp3) is 0.371. The third kappa shape index (κ3) is 17.6. The van der Waals surface area contributed by atoms with Crippen LogP contribution in [0.3, 0.4) is 0 Å². The van der Waals surface area contributed by atoms with Crippen LogP contribution in [-0.2, 0) is 0 Å². The lowest BCUT2D eigenvalue weighted by atomic mass is 10.2. The first-order valence-electron chi connectivity index (χ1n) is 14.0. The average Bonchev–Trinajstić information content (AvgIpc) is 3.56. The standard InChI is InChI=1S/2C9H8S.C7H8.5C2H6/c2*1-7-6-8-4-2-3-5-9(8)10-7;1-7-5-3-2-4-6-7;5*1-2/h2*2-6H,1H3;2-6H,1H3;5*1-2H3. The van der Waals surface area contributed by atoms with Crippen molar-refractivity contribution in [2.75, 3.05) is 0 Å². The van der Waals surface area contributed by atoms with E-state index in [1.54, 1.807) is 0 Å². The first-order chi connectivity index (χ1) is 18.1. The van der Waals surface area contributed by atoms with Crippen LogP contribution in [0.15, 0.2) is 91.0 Å². The fourth-order valence-corrected chi connectivity index (χ4v) is 4.61. The number of thiophene rings is 2. The van der Waals surface area contributed by atoms with Gasteiger partial charge < -0.3 is 0 Å². The van der Waals surface area contributed by atoms with Gasteiger partial charge in [0, 0.05) is 19.2 Å². The third-order valence-electron chi connectivity index (χ3n) is 4.04. The van der Waals surface area contributed by atoms with Crippen molar-refractivity contribution in [1.82, 2.24) is 0 Å². The van der Waals surface area contributed by atoms with Gasteiger partial charge in [-0.1, -0.05) is 142 Å². The Kier molecular flexibility index (Phi) is 29.8. The molecule has 0 spiro atoms. The molecular weight excluding hydrogens is 485 g/mol.